The van der Waals surface area contributed by atoms with E-state index in [9.17, 15) is 4.79 Å². The van der Waals surface area contributed by atoms with Gasteiger partial charge >= 0.3 is 0 Å². The minimum Gasteiger partial charge on any atom is -0.321 e. The summed E-state index contributed by atoms with van der Waals surface area (Å²) in [6, 6.07) is 13.5. The summed E-state index contributed by atoms with van der Waals surface area (Å²) in [6.07, 6.45) is 0. The van der Waals surface area contributed by atoms with Gasteiger partial charge in [0.15, 0.2) is 0 Å². The van der Waals surface area contributed by atoms with E-state index in [1.54, 1.807) is 23.1 Å². The topological polar surface area (TPSA) is 42.0 Å². The van der Waals surface area contributed by atoms with Gasteiger partial charge in [-0.1, -0.05) is 6.07 Å². The Morgan fingerprint density at radius 3 is 2.71 bits per heavy atom. The summed E-state index contributed by atoms with van der Waals surface area (Å²) in [5, 5.41) is 4.98. The second kappa shape index (κ2) is 7.96. The Balaban J connectivity index is 1.63. The van der Waals surface area contributed by atoms with Crippen molar-refractivity contribution in [2.24, 2.45) is 0 Å². The number of hydrogen-bond acceptors (Lipinski definition) is 4. The Morgan fingerprint density at radius 1 is 1.25 bits per heavy atom. The zero-order chi connectivity index (χ0) is 16.9. The summed E-state index contributed by atoms with van der Waals surface area (Å²) in [5.41, 5.74) is 5.47. The molecule has 0 aliphatic rings. The number of thiazole rings is 1. The van der Waals surface area contributed by atoms with E-state index in [2.05, 4.69) is 26.2 Å². The fourth-order valence-electron chi connectivity index (χ4n) is 2.08. The highest BCUT2D eigenvalue weighted by Gasteiger charge is 2.08. The van der Waals surface area contributed by atoms with Crippen molar-refractivity contribution in [1.82, 2.24) is 4.98 Å². The fraction of sp³-hybridized carbons (Fsp3) is 0.111. The third kappa shape index (κ3) is 4.47. The second-order valence-corrected chi connectivity index (χ2v) is 7.85. The molecule has 0 atom stereocenters. The molecule has 0 spiro atoms. The van der Waals surface area contributed by atoms with Gasteiger partial charge in [-0.05, 0) is 64.8 Å². The van der Waals surface area contributed by atoms with Gasteiger partial charge in [-0.15, -0.1) is 23.1 Å². The summed E-state index contributed by atoms with van der Waals surface area (Å²) in [6.45, 7) is 2.01. The summed E-state index contributed by atoms with van der Waals surface area (Å²) in [7, 11) is 0. The van der Waals surface area contributed by atoms with Crippen LogP contribution < -0.4 is 5.32 Å². The number of amides is 1. The average molecular weight is 419 g/mol. The molecule has 3 nitrogen and oxygen atoms in total. The van der Waals surface area contributed by atoms with Crippen LogP contribution in [0.2, 0.25) is 0 Å². The van der Waals surface area contributed by atoms with Gasteiger partial charge in [0, 0.05) is 26.1 Å². The molecule has 1 aromatic heterocycles. The summed E-state index contributed by atoms with van der Waals surface area (Å²) in [4.78, 5) is 17.7. The lowest BCUT2D eigenvalue weighted by atomic mass is 10.2. The van der Waals surface area contributed by atoms with Gasteiger partial charge in [0.1, 0.15) is 0 Å². The van der Waals surface area contributed by atoms with E-state index in [0.717, 1.165) is 32.1 Å². The molecule has 1 heterocycles. The van der Waals surface area contributed by atoms with E-state index in [0.29, 0.717) is 5.56 Å². The van der Waals surface area contributed by atoms with E-state index in [1.807, 2.05) is 60.3 Å². The zero-order valence-electron chi connectivity index (χ0n) is 13.0. The van der Waals surface area contributed by atoms with E-state index >= 15 is 0 Å². The van der Waals surface area contributed by atoms with Gasteiger partial charge in [0.25, 0.3) is 5.91 Å². The van der Waals surface area contributed by atoms with Gasteiger partial charge in [-0.3, -0.25) is 4.79 Å². The maximum absolute atomic E-state index is 12.4. The number of benzene rings is 2. The van der Waals surface area contributed by atoms with Crippen molar-refractivity contribution >= 4 is 50.6 Å². The molecule has 24 heavy (non-hydrogen) atoms. The first-order valence-corrected chi connectivity index (χ1v) is 10.0. The van der Waals surface area contributed by atoms with Crippen molar-refractivity contribution in [2.45, 2.75) is 17.6 Å². The van der Waals surface area contributed by atoms with Gasteiger partial charge in [-0.25, -0.2) is 4.98 Å². The van der Waals surface area contributed by atoms with Gasteiger partial charge < -0.3 is 5.32 Å². The maximum Gasteiger partial charge on any atom is 0.255 e. The molecule has 0 saturated carbocycles. The summed E-state index contributed by atoms with van der Waals surface area (Å²) in [5.74, 6) is 0.723. The fourth-order valence-corrected chi connectivity index (χ4v) is 4.14. The van der Waals surface area contributed by atoms with Crippen LogP contribution in [0.25, 0.3) is 0 Å². The molecule has 0 bridgehead atoms. The molecule has 0 saturated heterocycles. The number of aryl methyl sites for hydroxylation is 1. The first-order valence-electron chi connectivity index (χ1n) is 7.29. The molecular weight excluding hydrogens is 404 g/mol. The molecule has 2 aromatic carbocycles. The van der Waals surface area contributed by atoms with Crippen molar-refractivity contribution in [1.29, 1.82) is 0 Å². The van der Waals surface area contributed by atoms with Crippen LogP contribution >= 0.6 is 39.0 Å². The summed E-state index contributed by atoms with van der Waals surface area (Å²) < 4.78 is 0.881. The van der Waals surface area contributed by atoms with Gasteiger partial charge in [0.05, 0.1) is 16.9 Å². The number of anilines is 1. The van der Waals surface area contributed by atoms with Crippen LogP contribution in [0.15, 0.2) is 62.7 Å². The second-order valence-electron chi connectivity index (χ2n) is 5.23. The Labute approximate surface area is 157 Å². The van der Waals surface area contributed by atoms with Crippen LogP contribution in [0.5, 0.6) is 0 Å². The lowest BCUT2D eigenvalue weighted by Crippen LogP contribution is -2.12. The quantitative estimate of drug-likeness (QED) is 0.535. The Kier molecular flexibility index (Phi) is 5.71. The Morgan fingerprint density at radius 2 is 2.04 bits per heavy atom. The van der Waals surface area contributed by atoms with E-state index in [4.69, 9.17) is 0 Å². The van der Waals surface area contributed by atoms with Gasteiger partial charge in [-0.2, -0.15) is 0 Å². The average Bonchev–Trinajstić information content (AvgIpc) is 3.09. The molecule has 0 aliphatic heterocycles. The monoisotopic (exact) mass is 418 g/mol. The maximum atomic E-state index is 12.4. The van der Waals surface area contributed by atoms with Crippen molar-refractivity contribution in [2.75, 3.05) is 5.32 Å². The molecule has 6 heteroatoms. The molecule has 0 radical (unpaired) electrons. The Hall–Kier alpha value is -1.63. The molecule has 3 aromatic rings. The predicted molar refractivity (Wildman–Crippen MR) is 105 cm³/mol. The lowest BCUT2D eigenvalue weighted by molar-refractivity contribution is 0.102. The number of hydrogen-bond donors (Lipinski definition) is 1. The normalized spacial score (nSPS) is 10.6. The SMILES string of the molecule is Cc1ccc(NC(=O)c2ccc(SCc3cscn3)cc2)c(Br)c1. The first-order chi connectivity index (χ1) is 11.6. The van der Waals surface area contributed by atoms with Crippen LogP contribution in [0.1, 0.15) is 21.6 Å². The highest BCUT2D eigenvalue weighted by Crippen LogP contribution is 2.25. The van der Waals surface area contributed by atoms with Crippen LogP contribution in [-0.2, 0) is 5.75 Å². The van der Waals surface area contributed by atoms with Crippen LogP contribution in [0.3, 0.4) is 0 Å². The predicted octanol–water partition coefficient (Wildman–Crippen LogP) is 5.76. The lowest BCUT2D eigenvalue weighted by Gasteiger charge is -2.08. The third-order valence-corrected chi connectivity index (χ3v) is 5.70. The zero-order valence-corrected chi connectivity index (χ0v) is 16.2. The highest BCUT2D eigenvalue weighted by atomic mass is 79.9. The van der Waals surface area contributed by atoms with Crippen molar-refractivity contribution < 1.29 is 4.79 Å². The Bertz CT molecular complexity index is 833. The van der Waals surface area contributed by atoms with Crippen molar-refractivity contribution in [3.8, 4) is 0 Å². The van der Waals surface area contributed by atoms with Crippen molar-refractivity contribution in [3.05, 3.63) is 74.6 Å². The van der Waals surface area contributed by atoms with Crippen LogP contribution in [0, 0.1) is 6.92 Å². The van der Waals surface area contributed by atoms with E-state index in [1.165, 1.54) is 0 Å². The number of halogens is 1. The van der Waals surface area contributed by atoms with Crippen molar-refractivity contribution in [3.63, 3.8) is 0 Å². The van der Waals surface area contributed by atoms with Gasteiger partial charge in [0.2, 0.25) is 0 Å². The minimum atomic E-state index is -0.115. The number of nitrogens with one attached hydrogen (secondary N) is 1. The number of aromatic nitrogens is 1. The number of carbonyl (C=O) groups excluding carboxylic acids is 1. The number of rotatable bonds is 5. The largest absolute Gasteiger partial charge is 0.321 e. The standard InChI is InChI=1S/C18H15BrN2OS2/c1-12-2-7-17(16(19)8-12)21-18(22)13-3-5-15(6-4-13)24-10-14-9-23-11-20-14/h2-9,11H,10H2,1H3,(H,21,22). The molecule has 0 aliphatic carbocycles. The van der Waals surface area contributed by atoms with E-state index in [-0.39, 0.29) is 5.91 Å². The molecule has 1 amide bonds. The molecule has 122 valence electrons. The first kappa shape index (κ1) is 17.2. The number of thioether (sulfide) groups is 1. The highest BCUT2D eigenvalue weighted by molar-refractivity contribution is 9.10. The third-order valence-electron chi connectivity index (χ3n) is 3.36. The van der Waals surface area contributed by atoms with Crippen LogP contribution in [0.4, 0.5) is 5.69 Å². The number of carbonyl (C=O) groups is 1. The van der Waals surface area contributed by atoms with Crippen LogP contribution in [-0.4, -0.2) is 10.9 Å². The smallest absolute Gasteiger partial charge is 0.255 e. The minimum absolute atomic E-state index is 0.115. The molecule has 3 rings (SSSR count). The molecule has 0 unspecified atom stereocenters. The number of nitrogens with zero attached hydrogens (tertiary/aromatic N) is 1. The summed E-state index contributed by atoms with van der Waals surface area (Å²) >= 11 is 6.79. The van der Waals surface area contributed by atoms with E-state index < -0.39 is 0 Å². The molecular formula is C18H15BrN2OS2. The molecule has 1 N–H and O–H groups in total. The molecule has 0 fully saturated rings.